The van der Waals surface area contributed by atoms with Crippen molar-refractivity contribution in [2.75, 3.05) is 13.2 Å². The second-order valence-electron chi connectivity index (χ2n) is 3.77. The van der Waals surface area contributed by atoms with Gasteiger partial charge in [0, 0.05) is 0 Å². The van der Waals surface area contributed by atoms with Crippen LogP contribution in [-0.2, 0) is 9.59 Å². The first-order chi connectivity index (χ1) is 9.00. The number of ether oxygens (including phenoxy) is 1. The van der Waals surface area contributed by atoms with Gasteiger partial charge in [-0.3, -0.25) is 9.59 Å². The van der Waals surface area contributed by atoms with Crippen LogP contribution in [0.25, 0.3) is 0 Å². The number of amides is 1. The zero-order valence-electron chi connectivity index (χ0n) is 10.5. The molecule has 0 saturated carbocycles. The van der Waals surface area contributed by atoms with Gasteiger partial charge in [0.05, 0.1) is 19.0 Å². The third-order valence-electron chi connectivity index (χ3n) is 2.23. The van der Waals surface area contributed by atoms with Crippen molar-refractivity contribution in [3.8, 4) is 5.75 Å². The van der Waals surface area contributed by atoms with E-state index in [4.69, 9.17) is 15.6 Å². The Morgan fingerprint density at radius 2 is 2.05 bits per heavy atom. The summed E-state index contributed by atoms with van der Waals surface area (Å²) in [6.07, 6.45) is -0.444. The summed E-state index contributed by atoms with van der Waals surface area (Å²) in [5.41, 5.74) is 5.34. The van der Waals surface area contributed by atoms with Gasteiger partial charge in [-0.05, 0) is 12.1 Å². The number of nitrogens with one attached hydrogen (secondary N) is 1. The van der Waals surface area contributed by atoms with Gasteiger partial charge in [-0.2, -0.15) is 0 Å². The first kappa shape index (κ1) is 18.1. The summed E-state index contributed by atoms with van der Waals surface area (Å²) < 4.78 is 18.3. The Morgan fingerprint density at radius 3 is 2.65 bits per heavy atom. The Hall–Kier alpha value is -1.86. The van der Waals surface area contributed by atoms with Crippen LogP contribution in [0.15, 0.2) is 24.3 Å². The molecular formula is C12H16ClFN2O4. The quantitative estimate of drug-likeness (QED) is 0.638. The van der Waals surface area contributed by atoms with Gasteiger partial charge >= 0.3 is 5.97 Å². The van der Waals surface area contributed by atoms with Crippen molar-refractivity contribution in [2.45, 2.75) is 12.5 Å². The standard InChI is InChI=1S/C12H15FN2O4.ClH/c13-8-3-1-2-4-10(8)19-6-5-15-12(18)9(14)7-11(16)17;/h1-4,9H,5-7,14H2,(H,15,18)(H,16,17);1H/t9-;/m0./s1. The Bertz CT molecular complexity index is 459. The van der Waals surface area contributed by atoms with Crippen molar-refractivity contribution < 1.29 is 23.8 Å². The maximum atomic E-state index is 13.1. The van der Waals surface area contributed by atoms with Gasteiger partial charge in [0.15, 0.2) is 11.6 Å². The number of aliphatic carboxylic acids is 1. The Balaban J connectivity index is 0.00000361. The molecule has 0 radical (unpaired) electrons. The average molecular weight is 307 g/mol. The molecule has 0 aliphatic heterocycles. The topological polar surface area (TPSA) is 102 Å². The summed E-state index contributed by atoms with van der Waals surface area (Å²) in [4.78, 5) is 21.7. The van der Waals surface area contributed by atoms with Crippen molar-refractivity contribution in [1.29, 1.82) is 0 Å². The highest BCUT2D eigenvalue weighted by molar-refractivity contribution is 5.86. The number of hydrogen-bond acceptors (Lipinski definition) is 4. The van der Waals surface area contributed by atoms with E-state index >= 15 is 0 Å². The SMILES string of the molecule is Cl.N[C@@H](CC(=O)O)C(=O)NCCOc1ccccc1F. The van der Waals surface area contributed by atoms with Gasteiger partial charge < -0.3 is 20.9 Å². The Labute approximate surface area is 121 Å². The summed E-state index contributed by atoms with van der Waals surface area (Å²) in [6.45, 7) is 0.174. The van der Waals surface area contributed by atoms with Gasteiger partial charge in [0.2, 0.25) is 5.91 Å². The number of hydrogen-bond donors (Lipinski definition) is 3. The van der Waals surface area contributed by atoms with E-state index < -0.39 is 30.2 Å². The predicted molar refractivity (Wildman–Crippen MR) is 72.4 cm³/mol. The molecule has 6 nitrogen and oxygen atoms in total. The molecule has 0 heterocycles. The van der Waals surface area contributed by atoms with Crippen molar-refractivity contribution in [3.63, 3.8) is 0 Å². The highest BCUT2D eigenvalue weighted by Gasteiger charge is 2.16. The molecule has 20 heavy (non-hydrogen) atoms. The first-order valence-electron chi connectivity index (χ1n) is 5.63. The van der Waals surface area contributed by atoms with Crippen LogP contribution in [0.3, 0.4) is 0 Å². The number of carboxylic acids is 1. The fourth-order valence-corrected chi connectivity index (χ4v) is 1.31. The summed E-state index contributed by atoms with van der Waals surface area (Å²) in [7, 11) is 0. The van der Waals surface area contributed by atoms with Gasteiger partial charge in [-0.15, -0.1) is 12.4 Å². The third-order valence-corrected chi connectivity index (χ3v) is 2.23. The zero-order valence-corrected chi connectivity index (χ0v) is 11.4. The molecule has 0 aromatic heterocycles. The molecule has 0 aliphatic rings. The van der Waals surface area contributed by atoms with E-state index in [1.165, 1.54) is 18.2 Å². The number of rotatable bonds is 7. The predicted octanol–water partition coefficient (Wildman–Crippen LogP) is 0.544. The summed E-state index contributed by atoms with van der Waals surface area (Å²) in [6, 6.07) is 4.78. The van der Waals surface area contributed by atoms with Gasteiger partial charge in [0.1, 0.15) is 6.61 Å². The normalized spacial score (nSPS) is 11.1. The lowest BCUT2D eigenvalue weighted by atomic mass is 10.2. The molecule has 0 aliphatic carbocycles. The molecule has 0 bridgehead atoms. The Kier molecular flexibility index (Phi) is 8.26. The van der Waals surface area contributed by atoms with Crippen molar-refractivity contribution in [1.82, 2.24) is 5.32 Å². The molecule has 0 unspecified atom stereocenters. The second kappa shape index (κ2) is 9.11. The van der Waals surface area contributed by atoms with Crippen molar-refractivity contribution in [3.05, 3.63) is 30.1 Å². The van der Waals surface area contributed by atoms with E-state index in [2.05, 4.69) is 5.32 Å². The van der Waals surface area contributed by atoms with Crippen LogP contribution in [0.2, 0.25) is 0 Å². The molecule has 4 N–H and O–H groups in total. The third kappa shape index (κ3) is 6.35. The van der Waals surface area contributed by atoms with Gasteiger partial charge in [-0.1, -0.05) is 12.1 Å². The summed E-state index contributed by atoms with van der Waals surface area (Å²) in [5.74, 6) is -2.13. The lowest BCUT2D eigenvalue weighted by Gasteiger charge is -2.11. The monoisotopic (exact) mass is 306 g/mol. The number of carbonyl (C=O) groups is 2. The molecule has 1 rings (SSSR count). The molecule has 1 aromatic carbocycles. The fraction of sp³-hybridized carbons (Fsp3) is 0.333. The van der Waals surface area contributed by atoms with Crippen molar-refractivity contribution in [2.24, 2.45) is 5.73 Å². The molecule has 0 fully saturated rings. The van der Waals surface area contributed by atoms with E-state index in [0.717, 1.165) is 0 Å². The minimum Gasteiger partial charge on any atom is -0.489 e. The van der Waals surface area contributed by atoms with Gasteiger partial charge in [-0.25, -0.2) is 4.39 Å². The van der Waals surface area contributed by atoms with Gasteiger partial charge in [0.25, 0.3) is 0 Å². The zero-order chi connectivity index (χ0) is 14.3. The molecule has 1 aromatic rings. The fourth-order valence-electron chi connectivity index (χ4n) is 1.31. The van der Waals surface area contributed by atoms with Crippen LogP contribution < -0.4 is 15.8 Å². The van der Waals surface area contributed by atoms with E-state index in [0.29, 0.717) is 0 Å². The van der Waals surface area contributed by atoms with Crippen LogP contribution in [-0.4, -0.2) is 36.2 Å². The van der Waals surface area contributed by atoms with Crippen LogP contribution in [0, 0.1) is 5.82 Å². The van der Waals surface area contributed by atoms with Crippen LogP contribution in [0.1, 0.15) is 6.42 Å². The molecule has 0 spiro atoms. The highest BCUT2D eigenvalue weighted by Crippen LogP contribution is 2.14. The maximum Gasteiger partial charge on any atom is 0.305 e. The number of halogens is 2. The first-order valence-corrected chi connectivity index (χ1v) is 5.63. The average Bonchev–Trinajstić information content (AvgIpc) is 2.35. The number of nitrogens with two attached hydrogens (primary N) is 1. The number of para-hydroxylation sites is 1. The molecule has 1 amide bonds. The summed E-state index contributed by atoms with van der Waals surface area (Å²) >= 11 is 0. The van der Waals surface area contributed by atoms with Crippen molar-refractivity contribution >= 4 is 24.3 Å². The Morgan fingerprint density at radius 1 is 1.40 bits per heavy atom. The van der Waals surface area contributed by atoms with Crippen LogP contribution >= 0.6 is 12.4 Å². The minimum absolute atomic E-state index is 0. The minimum atomic E-state index is -1.15. The largest absolute Gasteiger partial charge is 0.489 e. The number of benzene rings is 1. The number of carbonyl (C=O) groups excluding carboxylic acids is 1. The lowest BCUT2D eigenvalue weighted by Crippen LogP contribution is -2.43. The maximum absolute atomic E-state index is 13.1. The van der Waals surface area contributed by atoms with E-state index in [-0.39, 0.29) is 31.3 Å². The smallest absolute Gasteiger partial charge is 0.305 e. The van der Waals surface area contributed by atoms with E-state index in [1.807, 2.05) is 0 Å². The summed E-state index contributed by atoms with van der Waals surface area (Å²) in [5, 5.41) is 10.9. The molecule has 112 valence electrons. The number of carboxylic acid groups (broad SMARTS) is 1. The van der Waals surface area contributed by atoms with E-state index in [9.17, 15) is 14.0 Å². The molecule has 0 saturated heterocycles. The highest BCUT2D eigenvalue weighted by atomic mass is 35.5. The molecule has 8 heteroatoms. The second-order valence-corrected chi connectivity index (χ2v) is 3.77. The molecule has 1 atom stereocenters. The molecular weight excluding hydrogens is 291 g/mol. The van der Waals surface area contributed by atoms with Crippen LogP contribution in [0.5, 0.6) is 5.75 Å². The lowest BCUT2D eigenvalue weighted by molar-refractivity contribution is -0.139. The van der Waals surface area contributed by atoms with E-state index in [1.54, 1.807) is 6.07 Å². The van der Waals surface area contributed by atoms with Crippen LogP contribution in [0.4, 0.5) is 4.39 Å².